The summed E-state index contributed by atoms with van der Waals surface area (Å²) in [5.74, 6) is 0.0437. The van der Waals surface area contributed by atoms with Gasteiger partial charge in [0.25, 0.3) is 0 Å². The average Bonchev–Trinajstić information content (AvgIpc) is 3.11. The number of methoxy groups -OCH3 is 1. The van der Waals surface area contributed by atoms with Gasteiger partial charge in [0.15, 0.2) is 0 Å². The monoisotopic (exact) mass is 432 g/mol. The predicted molar refractivity (Wildman–Crippen MR) is 101 cm³/mol. The summed E-state index contributed by atoms with van der Waals surface area (Å²) in [4.78, 5) is 13.9. The first-order valence-electron chi connectivity index (χ1n) is 8.15. The summed E-state index contributed by atoms with van der Waals surface area (Å²) in [7, 11) is -2.33. The Kier molecular flexibility index (Phi) is 6.12. The maximum atomic E-state index is 12.8. The molecule has 2 heterocycles. The van der Waals surface area contributed by atoms with Crippen molar-refractivity contribution < 1.29 is 22.4 Å². The zero-order chi connectivity index (χ0) is 19.6. The van der Waals surface area contributed by atoms with Crippen LogP contribution in [0, 0.1) is 0 Å². The van der Waals surface area contributed by atoms with Gasteiger partial charge in [-0.05, 0) is 24.3 Å². The molecule has 0 radical (unpaired) electrons. The second kappa shape index (κ2) is 8.20. The Hall–Kier alpha value is -1.58. The fraction of sp³-hybridized carbons (Fsp3) is 0.353. The minimum atomic E-state index is -3.65. The number of benzene rings is 1. The molecule has 1 fully saturated rings. The second-order valence-corrected chi connectivity index (χ2v) is 8.76. The molecule has 2 aromatic rings. The number of ether oxygens (including phenoxy) is 1. The summed E-state index contributed by atoms with van der Waals surface area (Å²) in [6.07, 6.45) is 1.44. The number of furan rings is 1. The molecule has 0 saturated carbocycles. The van der Waals surface area contributed by atoms with Crippen molar-refractivity contribution in [2.45, 2.75) is 11.4 Å². The van der Waals surface area contributed by atoms with Crippen LogP contribution in [0.5, 0.6) is 0 Å². The lowest BCUT2D eigenvalue weighted by Gasteiger charge is -2.33. The summed E-state index contributed by atoms with van der Waals surface area (Å²) in [5, 5.41) is 0.504. The van der Waals surface area contributed by atoms with E-state index in [-0.39, 0.29) is 9.92 Å². The van der Waals surface area contributed by atoms with E-state index < -0.39 is 16.0 Å². The van der Waals surface area contributed by atoms with E-state index in [2.05, 4.69) is 0 Å². The molecule has 10 heteroatoms. The maximum Gasteiger partial charge on any atom is 0.341 e. The van der Waals surface area contributed by atoms with Crippen LogP contribution in [0.25, 0.3) is 0 Å². The molecule has 0 bridgehead atoms. The van der Waals surface area contributed by atoms with Crippen molar-refractivity contribution in [3.63, 3.8) is 0 Å². The van der Waals surface area contributed by atoms with Crippen LogP contribution in [0.1, 0.15) is 16.1 Å². The number of halogens is 2. The number of sulfonamides is 1. The van der Waals surface area contributed by atoms with Crippen LogP contribution < -0.4 is 0 Å². The van der Waals surface area contributed by atoms with E-state index in [1.165, 1.54) is 35.9 Å². The molecule has 0 atom stereocenters. The van der Waals surface area contributed by atoms with Crippen molar-refractivity contribution >= 4 is 39.2 Å². The van der Waals surface area contributed by atoms with Gasteiger partial charge < -0.3 is 9.15 Å². The molecule has 0 spiro atoms. The van der Waals surface area contributed by atoms with Crippen molar-refractivity contribution in [3.8, 4) is 0 Å². The zero-order valence-corrected chi connectivity index (χ0v) is 16.9. The second-order valence-electron chi connectivity index (χ2n) is 6.01. The number of nitrogens with zero attached hydrogens (tertiary/aromatic N) is 2. The van der Waals surface area contributed by atoms with Crippen LogP contribution in [0.3, 0.4) is 0 Å². The number of piperazine rings is 1. The van der Waals surface area contributed by atoms with E-state index in [1.807, 2.05) is 4.90 Å². The number of carbonyl (C=O) groups excluding carboxylic acids is 1. The fourth-order valence-corrected chi connectivity index (χ4v) is 4.68. The van der Waals surface area contributed by atoms with Gasteiger partial charge in [0.1, 0.15) is 11.3 Å². The van der Waals surface area contributed by atoms with Gasteiger partial charge in [-0.3, -0.25) is 4.90 Å². The highest BCUT2D eigenvalue weighted by atomic mass is 35.5. The molecule has 0 amide bonds. The Morgan fingerprint density at radius 2 is 1.85 bits per heavy atom. The number of hydrogen-bond acceptors (Lipinski definition) is 6. The van der Waals surface area contributed by atoms with E-state index in [1.54, 1.807) is 6.07 Å². The summed E-state index contributed by atoms with van der Waals surface area (Å²) >= 11 is 11.8. The van der Waals surface area contributed by atoms with Crippen LogP contribution in [0.15, 0.2) is 39.8 Å². The van der Waals surface area contributed by atoms with Crippen molar-refractivity contribution in [2.75, 3.05) is 33.3 Å². The van der Waals surface area contributed by atoms with Crippen molar-refractivity contribution in [3.05, 3.63) is 51.9 Å². The smallest absolute Gasteiger partial charge is 0.341 e. The van der Waals surface area contributed by atoms with E-state index in [0.29, 0.717) is 49.1 Å². The summed E-state index contributed by atoms with van der Waals surface area (Å²) < 4.78 is 37.1. The highest BCUT2D eigenvalue weighted by Gasteiger charge is 2.29. The third-order valence-corrected chi connectivity index (χ3v) is 7.01. The van der Waals surface area contributed by atoms with Gasteiger partial charge in [0.05, 0.1) is 34.9 Å². The number of carbonyl (C=O) groups is 1. The SMILES string of the molecule is COC(=O)c1ccoc1CN1CCN(S(=O)(=O)c2ccc(Cl)c(Cl)c2)CC1. The number of esters is 1. The molecule has 3 rings (SSSR count). The van der Waals surface area contributed by atoms with E-state index in [0.717, 1.165) is 0 Å². The van der Waals surface area contributed by atoms with Crippen LogP contribution in [-0.2, 0) is 21.3 Å². The molecule has 7 nitrogen and oxygen atoms in total. The Morgan fingerprint density at radius 3 is 2.48 bits per heavy atom. The van der Waals surface area contributed by atoms with Crippen LogP contribution in [0.4, 0.5) is 0 Å². The van der Waals surface area contributed by atoms with Gasteiger partial charge in [0, 0.05) is 26.2 Å². The molecule has 1 aliphatic heterocycles. The Morgan fingerprint density at radius 1 is 1.15 bits per heavy atom. The highest BCUT2D eigenvalue weighted by Crippen LogP contribution is 2.27. The lowest BCUT2D eigenvalue weighted by atomic mass is 10.2. The molecule has 146 valence electrons. The predicted octanol–water partition coefficient (Wildman–Crippen LogP) is 2.88. The van der Waals surface area contributed by atoms with E-state index in [9.17, 15) is 13.2 Å². The summed E-state index contributed by atoms with van der Waals surface area (Å²) in [5.41, 5.74) is 0.378. The Balaban J connectivity index is 1.66. The van der Waals surface area contributed by atoms with Gasteiger partial charge in [0.2, 0.25) is 10.0 Å². The molecule has 0 unspecified atom stereocenters. The minimum absolute atomic E-state index is 0.115. The molecule has 1 aromatic carbocycles. The summed E-state index contributed by atoms with van der Waals surface area (Å²) in [6.45, 7) is 2.04. The number of rotatable bonds is 5. The van der Waals surface area contributed by atoms with Gasteiger partial charge in [-0.1, -0.05) is 23.2 Å². The molecule has 1 aliphatic rings. The third kappa shape index (κ3) is 4.30. The third-order valence-electron chi connectivity index (χ3n) is 4.38. The van der Waals surface area contributed by atoms with Gasteiger partial charge in [-0.15, -0.1) is 0 Å². The lowest BCUT2D eigenvalue weighted by molar-refractivity contribution is 0.0595. The molecular formula is C17H18Cl2N2O5S. The molecule has 27 heavy (non-hydrogen) atoms. The Bertz CT molecular complexity index is 937. The topological polar surface area (TPSA) is 80.1 Å². The first-order chi connectivity index (χ1) is 12.8. The largest absolute Gasteiger partial charge is 0.467 e. The number of hydrogen-bond donors (Lipinski definition) is 0. The van der Waals surface area contributed by atoms with Crippen LogP contribution >= 0.6 is 23.2 Å². The summed E-state index contributed by atoms with van der Waals surface area (Å²) in [6, 6.07) is 5.84. The first-order valence-corrected chi connectivity index (χ1v) is 10.3. The van der Waals surface area contributed by atoms with Crippen LogP contribution in [0.2, 0.25) is 10.0 Å². The molecule has 0 aliphatic carbocycles. The Labute approximate surface area is 167 Å². The maximum absolute atomic E-state index is 12.8. The minimum Gasteiger partial charge on any atom is -0.467 e. The molecule has 0 N–H and O–H groups in total. The highest BCUT2D eigenvalue weighted by molar-refractivity contribution is 7.89. The van der Waals surface area contributed by atoms with Crippen LogP contribution in [-0.4, -0.2) is 56.9 Å². The van der Waals surface area contributed by atoms with Gasteiger partial charge in [-0.2, -0.15) is 4.31 Å². The van der Waals surface area contributed by atoms with Crippen molar-refractivity contribution in [2.24, 2.45) is 0 Å². The average molecular weight is 433 g/mol. The van der Waals surface area contributed by atoms with Crippen molar-refractivity contribution in [1.29, 1.82) is 0 Å². The molecule has 1 aromatic heterocycles. The fourth-order valence-electron chi connectivity index (χ4n) is 2.87. The normalized spacial score (nSPS) is 16.4. The van der Waals surface area contributed by atoms with E-state index >= 15 is 0 Å². The molecule has 1 saturated heterocycles. The van der Waals surface area contributed by atoms with Crippen molar-refractivity contribution in [1.82, 2.24) is 9.21 Å². The first kappa shape index (κ1) is 20.2. The lowest BCUT2D eigenvalue weighted by Crippen LogP contribution is -2.48. The zero-order valence-electron chi connectivity index (χ0n) is 14.5. The van der Waals surface area contributed by atoms with E-state index in [4.69, 9.17) is 32.4 Å². The van der Waals surface area contributed by atoms with Gasteiger partial charge in [-0.25, -0.2) is 13.2 Å². The molecular weight excluding hydrogens is 415 g/mol. The van der Waals surface area contributed by atoms with Gasteiger partial charge >= 0.3 is 5.97 Å². The quantitative estimate of drug-likeness (QED) is 0.675. The standard InChI is InChI=1S/C17H18Cl2N2O5S/c1-25-17(22)13-4-9-26-16(13)11-20-5-7-21(8-6-20)27(23,24)12-2-3-14(18)15(19)10-12/h2-4,9-10H,5-8,11H2,1H3.